The zero-order valence-corrected chi connectivity index (χ0v) is 13.4. The molecular weight excluding hydrogens is 278 g/mol. The molecule has 6 heteroatoms. The van der Waals surface area contributed by atoms with E-state index >= 15 is 0 Å². The highest BCUT2D eigenvalue weighted by atomic mass is 16.2. The number of hydrazone groups is 1. The number of hydrogen-bond acceptors (Lipinski definition) is 3. The van der Waals surface area contributed by atoms with Crippen LogP contribution < -0.4 is 16.1 Å². The third-order valence-electron chi connectivity index (χ3n) is 3.47. The van der Waals surface area contributed by atoms with E-state index in [9.17, 15) is 4.79 Å². The Bertz CT molecular complexity index is 621. The van der Waals surface area contributed by atoms with Crippen LogP contribution in [0.5, 0.6) is 0 Å². The predicted octanol–water partition coefficient (Wildman–Crippen LogP) is 2.20. The van der Waals surface area contributed by atoms with Gasteiger partial charge in [0, 0.05) is 24.1 Å². The third kappa shape index (κ3) is 3.84. The molecule has 118 valence electrons. The minimum absolute atomic E-state index is 0.0422. The van der Waals surface area contributed by atoms with Crippen molar-refractivity contribution in [2.24, 2.45) is 11.0 Å². The van der Waals surface area contributed by atoms with Crippen LogP contribution in [0.15, 0.2) is 23.3 Å². The van der Waals surface area contributed by atoms with Gasteiger partial charge in [0.2, 0.25) is 5.91 Å². The second-order valence-corrected chi connectivity index (χ2v) is 5.97. The number of hydrogen-bond donors (Lipinski definition) is 4. The number of carbonyl (C=O) groups excluding carboxylic acids is 1. The summed E-state index contributed by atoms with van der Waals surface area (Å²) in [6.45, 7) is 7.97. The molecule has 0 saturated carbocycles. The minimum Gasteiger partial charge on any atom is -0.354 e. The first-order valence-electron chi connectivity index (χ1n) is 7.46. The minimum atomic E-state index is -0.0422. The molecule has 6 nitrogen and oxygen atoms in total. The Balaban J connectivity index is 2.16. The number of rotatable bonds is 3. The molecule has 1 unspecified atom stereocenters. The third-order valence-corrected chi connectivity index (χ3v) is 3.47. The van der Waals surface area contributed by atoms with E-state index < -0.39 is 0 Å². The molecule has 1 aromatic rings. The van der Waals surface area contributed by atoms with E-state index in [-0.39, 0.29) is 23.8 Å². The van der Waals surface area contributed by atoms with Crippen molar-refractivity contribution < 1.29 is 4.79 Å². The summed E-state index contributed by atoms with van der Waals surface area (Å²) in [5, 5.41) is 18.1. The SMILES string of the molecule is Cc1cc(C2=NNC(=O)CC2C)ccc1NC(=N)NC(C)C. The Kier molecular flexibility index (Phi) is 4.80. The maximum atomic E-state index is 11.3. The van der Waals surface area contributed by atoms with Gasteiger partial charge in [0.1, 0.15) is 0 Å². The first kappa shape index (κ1) is 16.0. The summed E-state index contributed by atoms with van der Waals surface area (Å²) < 4.78 is 0. The molecule has 4 N–H and O–H groups in total. The van der Waals surface area contributed by atoms with Crippen molar-refractivity contribution in [3.8, 4) is 0 Å². The quantitative estimate of drug-likeness (QED) is 0.509. The lowest BCUT2D eigenvalue weighted by Gasteiger charge is -2.20. The van der Waals surface area contributed by atoms with Crippen LogP contribution in [-0.2, 0) is 4.79 Å². The lowest BCUT2D eigenvalue weighted by Crippen LogP contribution is -2.35. The summed E-state index contributed by atoms with van der Waals surface area (Å²) in [6, 6.07) is 6.13. The largest absolute Gasteiger partial charge is 0.354 e. The molecule has 22 heavy (non-hydrogen) atoms. The fourth-order valence-corrected chi connectivity index (χ4v) is 2.42. The molecule has 1 aliphatic rings. The van der Waals surface area contributed by atoms with Gasteiger partial charge in [-0.05, 0) is 44.0 Å². The molecule has 1 heterocycles. The Morgan fingerprint density at radius 3 is 2.77 bits per heavy atom. The highest BCUT2D eigenvalue weighted by Crippen LogP contribution is 2.21. The van der Waals surface area contributed by atoms with Crippen LogP contribution in [-0.4, -0.2) is 23.6 Å². The Morgan fingerprint density at radius 1 is 1.45 bits per heavy atom. The van der Waals surface area contributed by atoms with Gasteiger partial charge >= 0.3 is 0 Å². The molecule has 0 radical (unpaired) electrons. The first-order valence-corrected chi connectivity index (χ1v) is 7.46. The molecule has 1 amide bonds. The van der Waals surface area contributed by atoms with Gasteiger partial charge in [-0.15, -0.1) is 0 Å². The molecule has 0 aromatic heterocycles. The fraction of sp³-hybridized carbons (Fsp3) is 0.438. The summed E-state index contributed by atoms with van der Waals surface area (Å²) in [7, 11) is 0. The molecule has 1 aliphatic heterocycles. The average Bonchev–Trinajstić information content (AvgIpc) is 2.40. The van der Waals surface area contributed by atoms with Gasteiger partial charge in [-0.2, -0.15) is 5.10 Å². The highest BCUT2D eigenvalue weighted by molar-refractivity contribution is 6.06. The summed E-state index contributed by atoms with van der Waals surface area (Å²) in [4.78, 5) is 11.3. The molecule has 0 aliphatic carbocycles. The van der Waals surface area contributed by atoms with E-state index in [4.69, 9.17) is 5.41 Å². The van der Waals surface area contributed by atoms with Gasteiger partial charge in [-0.1, -0.05) is 13.0 Å². The smallest absolute Gasteiger partial charge is 0.240 e. The molecule has 0 fully saturated rings. The topological polar surface area (TPSA) is 89.4 Å². The second-order valence-electron chi connectivity index (χ2n) is 5.97. The molecule has 1 atom stereocenters. The number of anilines is 1. The van der Waals surface area contributed by atoms with Crippen molar-refractivity contribution >= 4 is 23.3 Å². The van der Waals surface area contributed by atoms with Crippen LogP contribution in [0.3, 0.4) is 0 Å². The van der Waals surface area contributed by atoms with Gasteiger partial charge in [0.25, 0.3) is 0 Å². The zero-order chi connectivity index (χ0) is 16.3. The van der Waals surface area contributed by atoms with Crippen molar-refractivity contribution in [2.45, 2.75) is 40.2 Å². The fourth-order valence-electron chi connectivity index (χ4n) is 2.42. The normalized spacial score (nSPS) is 17.8. The number of carbonyl (C=O) groups is 1. The van der Waals surface area contributed by atoms with Crippen molar-refractivity contribution in [2.75, 3.05) is 5.32 Å². The van der Waals surface area contributed by atoms with Crippen molar-refractivity contribution in [1.82, 2.24) is 10.7 Å². The summed E-state index contributed by atoms with van der Waals surface area (Å²) in [5.74, 6) is 0.342. The van der Waals surface area contributed by atoms with Gasteiger partial charge in [0.05, 0.1) is 5.71 Å². The molecular formula is C16H23N5O. The van der Waals surface area contributed by atoms with Gasteiger partial charge in [0.15, 0.2) is 5.96 Å². The van der Waals surface area contributed by atoms with Crippen molar-refractivity contribution in [3.63, 3.8) is 0 Å². The summed E-state index contributed by atoms with van der Waals surface area (Å²) in [5.41, 5.74) is 6.34. The van der Waals surface area contributed by atoms with Crippen LogP contribution in [0.4, 0.5) is 5.69 Å². The molecule has 2 rings (SSSR count). The monoisotopic (exact) mass is 301 g/mol. The van der Waals surface area contributed by atoms with E-state index in [1.807, 2.05) is 45.9 Å². The number of nitrogens with one attached hydrogen (secondary N) is 4. The standard InChI is InChI=1S/C16H23N5O/c1-9(2)18-16(17)19-13-6-5-12(7-10(13)3)15-11(4)8-14(22)20-21-15/h5-7,9,11H,8H2,1-4H3,(H,20,22)(H3,17,18,19). The number of amides is 1. The molecule has 0 spiro atoms. The van der Waals surface area contributed by atoms with Gasteiger partial charge in [-0.25, -0.2) is 5.43 Å². The van der Waals surface area contributed by atoms with Gasteiger partial charge in [-0.3, -0.25) is 10.2 Å². The van der Waals surface area contributed by atoms with E-state index in [0.717, 1.165) is 22.5 Å². The molecule has 0 saturated heterocycles. The number of benzene rings is 1. The highest BCUT2D eigenvalue weighted by Gasteiger charge is 2.21. The van der Waals surface area contributed by atoms with Crippen LogP contribution in [0, 0.1) is 18.3 Å². The first-order chi connectivity index (χ1) is 10.4. The number of aryl methyl sites for hydroxylation is 1. The van der Waals surface area contributed by atoms with E-state index in [2.05, 4.69) is 21.2 Å². The summed E-state index contributed by atoms with van der Waals surface area (Å²) >= 11 is 0. The Morgan fingerprint density at radius 2 is 2.18 bits per heavy atom. The zero-order valence-electron chi connectivity index (χ0n) is 13.4. The lowest BCUT2D eigenvalue weighted by molar-refractivity contribution is -0.121. The number of guanidine groups is 1. The maximum Gasteiger partial charge on any atom is 0.240 e. The van der Waals surface area contributed by atoms with Crippen LogP contribution >= 0.6 is 0 Å². The van der Waals surface area contributed by atoms with Crippen molar-refractivity contribution in [1.29, 1.82) is 5.41 Å². The number of nitrogens with zero attached hydrogens (tertiary/aromatic N) is 1. The van der Waals surface area contributed by atoms with Crippen LogP contribution in [0.1, 0.15) is 38.3 Å². The second kappa shape index (κ2) is 6.60. The maximum absolute atomic E-state index is 11.3. The van der Waals surface area contributed by atoms with Crippen LogP contribution in [0.2, 0.25) is 0 Å². The Hall–Kier alpha value is -2.37. The van der Waals surface area contributed by atoms with Crippen molar-refractivity contribution in [3.05, 3.63) is 29.3 Å². The summed E-state index contributed by atoms with van der Waals surface area (Å²) in [6.07, 6.45) is 0.459. The Labute approximate surface area is 130 Å². The van der Waals surface area contributed by atoms with E-state index in [0.29, 0.717) is 6.42 Å². The van der Waals surface area contributed by atoms with E-state index in [1.165, 1.54) is 0 Å². The average molecular weight is 301 g/mol. The predicted molar refractivity (Wildman–Crippen MR) is 89.3 cm³/mol. The van der Waals surface area contributed by atoms with E-state index in [1.54, 1.807) is 0 Å². The molecule has 0 bridgehead atoms. The molecule has 1 aromatic carbocycles. The van der Waals surface area contributed by atoms with Crippen LogP contribution in [0.25, 0.3) is 0 Å². The van der Waals surface area contributed by atoms with Gasteiger partial charge < -0.3 is 10.6 Å². The lowest BCUT2D eigenvalue weighted by atomic mass is 9.93.